The number of nitro groups is 1. The quantitative estimate of drug-likeness (QED) is 0.690. The van der Waals surface area contributed by atoms with Crippen molar-refractivity contribution in [1.82, 2.24) is 0 Å². The van der Waals surface area contributed by atoms with Crippen molar-refractivity contribution in [3.63, 3.8) is 0 Å². The Hall–Kier alpha value is -3.03. The number of hydrogen-bond donors (Lipinski definition) is 1. The van der Waals surface area contributed by atoms with Gasteiger partial charge in [0.05, 0.1) is 4.92 Å². The van der Waals surface area contributed by atoms with Gasteiger partial charge < -0.3 is 9.84 Å². The van der Waals surface area contributed by atoms with Crippen LogP contribution in [-0.2, 0) is 0 Å². The number of rotatable bonds is 4. The molecule has 0 atom stereocenters. The van der Waals surface area contributed by atoms with Crippen molar-refractivity contribution in [3.05, 3.63) is 63.7 Å². The van der Waals surface area contributed by atoms with Gasteiger partial charge in [0.2, 0.25) is 5.75 Å². The maximum Gasteiger partial charge on any atom is 0.339 e. The second-order valence-corrected chi connectivity index (χ2v) is 3.87. The van der Waals surface area contributed by atoms with Crippen LogP contribution in [-0.4, -0.2) is 16.0 Å². The van der Waals surface area contributed by atoms with E-state index in [4.69, 9.17) is 9.84 Å². The van der Waals surface area contributed by atoms with Crippen LogP contribution in [0.5, 0.6) is 11.5 Å². The monoisotopic (exact) mass is 295 g/mol. The van der Waals surface area contributed by atoms with E-state index in [9.17, 15) is 23.7 Å². The summed E-state index contributed by atoms with van der Waals surface area (Å²) < 4.78 is 32.2. The maximum absolute atomic E-state index is 13.7. The molecule has 108 valence electrons. The van der Waals surface area contributed by atoms with Crippen molar-refractivity contribution in [2.75, 3.05) is 0 Å². The first kappa shape index (κ1) is 14.4. The number of carboxylic acid groups (broad SMARTS) is 1. The molecule has 8 heteroatoms. The molecule has 2 aromatic carbocycles. The van der Waals surface area contributed by atoms with Gasteiger partial charge in [0.25, 0.3) is 0 Å². The molecule has 0 aliphatic heterocycles. The number of hydrogen-bond acceptors (Lipinski definition) is 4. The normalized spacial score (nSPS) is 10.2. The molecular weight excluding hydrogens is 288 g/mol. The first-order chi connectivity index (χ1) is 9.91. The number of aromatic carboxylic acids is 1. The number of benzene rings is 2. The molecule has 0 aliphatic carbocycles. The number of ether oxygens (including phenoxy) is 1. The Balaban J connectivity index is 2.59. The summed E-state index contributed by atoms with van der Waals surface area (Å²) in [5.74, 6) is -5.34. The Bertz CT molecular complexity index is 671. The Morgan fingerprint density at radius 1 is 1.10 bits per heavy atom. The summed E-state index contributed by atoms with van der Waals surface area (Å²) >= 11 is 0. The summed E-state index contributed by atoms with van der Waals surface area (Å²) in [6.07, 6.45) is 0. The Morgan fingerprint density at radius 3 is 2.24 bits per heavy atom. The molecule has 0 bridgehead atoms. The summed E-state index contributed by atoms with van der Waals surface area (Å²) in [6.45, 7) is 0. The molecule has 0 saturated heterocycles. The summed E-state index contributed by atoms with van der Waals surface area (Å²) in [5.41, 5.74) is -1.32. The van der Waals surface area contributed by atoms with Gasteiger partial charge in [-0.3, -0.25) is 10.1 Å². The van der Waals surface area contributed by atoms with Gasteiger partial charge in [-0.15, -0.1) is 0 Å². The summed E-state index contributed by atoms with van der Waals surface area (Å²) in [4.78, 5) is 20.9. The molecule has 0 radical (unpaired) electrons. The van der Waals surface area contributed by atoms with Crippen molar-refractivity contribution < 1.29 is 28.3 Å². The fraction of sp³-hybridized carbons (Fsp3) is 0. The molecule has 0 aliphatic rings. The van der Waals surface area contributed by atoms with Crippen molar-refractivity contribution in [2.45, 2.75) is 0 Å². The van der Waals surface area contributed by atoms with Crippen LogP contribution < -0.4 is 4.74 Å². The molecule has 6 nitrogen and oxygen atoms in total. The topological polar surface area (TPSA) is 89.7 Å². The Morgan fingerprint density at radius 2 is 1.67 bits per heavy atom. The molecule has 0 unspecified atom stereocenters. The number of nitro benzene ring substituents is 1. The van der Waals surface area contributed by atoms with E-state index in [1.54, 1.807) is 0 Å². The molecule has 0 aromatic heterocycles. The molecule has 0 saturated carbocycles. The zero-order chi connectivity index (χ0) is 15.6. The van der Waals surface area contributed by atoms with Gasteiger partial charge in [-0.1, -0.05) is 12.1 Å². The molecule has 0 heterocycles. The Labute approximate surface area is 116 Å². The van der Waals surface area contributed by atoms with Crippen LogP contribution >= 0.6 is 0 Å². The van der Waals surface area contributed by atoms with E-state index in [0.717, 1.165) is 36.4 Å². The van der Waals surface area contributed by atoms with Crippen LogP contribution in [0.1, 0.15) is 10.4 Å². The number of para-hydroxylation sites is 2. The van der Waals surface area contributed by atoms with E-state index < -0.39 is 45.3 Å². The summed E-state index contributed by atoms with van der Waals surface area (Å²) in [5, 5.41) is 19.8. The molecule has 2 aromatic rings. The summed E-state index contributed by atoms with van der Waals surface area (Å²) in [6, 6.07) is 5.98. The van der Waals surface area contributed by atoms with E-state index in [1.165, 1.54) is 0 Å². The minimum absolute atomic E-state index is 0.576. The van der Waals surface area contributed by atoms with E-state index in [0.29, 0.717) is 0 Å². The largest absolute Gasteiger partial charge is 0.478 e. The van der Waals surface area contributed by atoms with E-state index in [1.807, 2.05) is 0 Å². The highest BCUT2D eigenvalue weighted by Gasteiger charge is 2.24. The molecule has 0 fully saturated rings. The fourth-order valence-electron chi connectivity index (χ4n) is 1.63. The zero-order valence-corrected chi connectivity index (χ0v) is 10.2. The average molecular weight is 295 g/mol. The predicted octanol–water partition coefficient (Wildman–Crippen LogP) is 3.36. The van der Waals surface area contributed by atoms with Crippen molar-refractivity contribution >= 4 is 11.7 Å². The SMILES string of the molecule is O=C(O)c1cccc(F)c1Oc1c(F)cccc1[N+](=O)[O-]. The Kier molecular flexibility index (Phi) is 3.79. The molecule has 0 amide bonds. The number of carboxylic acids is 1. The minimum Gasteiger partial charge on any atom is -0.478 e. The molecule has 2 rings (SSSR count). The third kappa shape index (κ3) is 2.78. The van der Waals surface area contributed by atoms with Crippen LogP contribution in [0, 0.1) is 21.7 Å². The number of carbonyl (C=O) groups is 1. The van der Waals surface area contributed by atoms with E-state index in [2.05, 4.69) is 0 Å². The van der Waals surface area contributed by atoms with Gasteiger partial charge >= 0.3 is 11.7 Å². The van der Waals surface area contributed by atoms with Crippen molar-refractivity contribution in [2.24, 2.45) is 0 Å². The number of halogens is 2. The standard InChI is InChI=1S/C13H7F2NO5/c14-8-4-1-3-7(13(17)18)11(8)21-12-9(15)5-2-6-10(12)16(19)20/h1-6H,(H,17,18). The zero-order valence-electron chi connectivity index (χ0n) is 10.2. The van der Waals surface area contributed by atoms with Gasteiger partial charge in [-0.2, -0.15) is 0 Å². The van der Waals surface area contributed by atoms with Gasteiger partial charge in [-0.05, 0) is 18.2 Å². The second kappa shape index (κ2) is 5.53. The minimum atomic E-state index is -1.51. The molecule has 0 spiro atoms. The van der Waals surface area contributed by atoms with E-state index in [-0.39, 0.29) is 0 Å². The number of nitrogens with zero attached hydrogens (tertiary/aromatic N) is 1. The van der Waals surface area contributed by atoms with Crippen LogP contribution in [0.15, 0.2) is 36.4 Å². The highest BCUT2D eigenvalue weighted by Crippen LogP contribution is 2.36. The summed E-state index contributed by atoms with van der Waals surface area (Å²) in [7, 11) is 0. The van der Waals surface area contributed by atoms with Crippen LogP contribution in [0.25, 0.3) is 0 Å². The van der Waals surface area contributed by atoms with Crippen LogP contribution in [0.3, 0.4) is 0 Å². The third-order valence-electron chi connectivity index (χ3n) is 2.54. The lowest BCUT2D eigenvalue weighted by molar-refractivity contribution is -0.385. The molecule has 21 heavy (non-hydrogen) atoms. The van der Waals surface area contributed by atoms with Gasteiger partial charge in [0, 0.05) is 6.07 Å². The van der Waals surface area contributed by atoms with Crippen LogP contribution in [0.2, 0.25) is 0 Å². The van der Waals surface area contributed by atoms with Gasteiger partial charge in [0.15, 0.2) is 17.4 Å². The lowest BCUT2D eigenvalue weighted by Gasteiger charge is -2.10. The fourth-order valence-corrected chi connectivity index (χ4v) is 1.63. The highest BCUT2D eigenvalue weighted by molar-refractivity contribution is 5.91. The lowest BCUT2D eigenvalue weighted by atomic mass is 10.2. The molecule has 1 N–H and O–H groups in total. The van der Waals surface area contributed by atoms with E-state index >= 15 is 0 Å². The first-order valence-electron chi connectivity index (χ1n) is 5.54. The van der Waals surface area contributed by atoms with Gasteiger partial charge in [0.1, 0.15) is 5.56 Å². The average Bonchev–Trinajstić information content (AvgIpc) is 2.42. The van der Waals surface area contributed by atoms with Crippen molar-refractivity contribution in [1.29, 1.82) is 0 Å². The second-order valence-electron chi connectivity index (χ2n) is 3.87. The maximum atomic E-state index is 13.7. The lowest BCUT2D eigenvalue weighted by Crippen LogP contribution is -2.04. The highest BCUT2D eigenvalue weighted by atomic mass is 19.1. The first-order valence-corrected chi connectivity index (χ1v) is 5.54. The third-order valence-corrected chi connectivity index (χ3v) is 2.54. The van der Waals surface area contributed by atoms with Gasteiger partial charge in [-0.25, -0.2) is 13.6 Å². The smallest absolute Gasteiger partial charge is 0.339 e. The predicted molar refractivity (Wildman–Crippen MR) is 66.5 cm³/mol. The van der Waals surface area contributed by atoms with Crippen LogP contribution in [0.4, 0.5) is 14.5 Å². The van der Waals surface area contributed by atoms with Crippen molar-refractivity contribution in [3.8, 4) is 11.5 Å². The molecular formula is C13H7F2NO5.